The van der Waals surface area contributed by atoms with E-state index >= 15 is 0 Å². The predicted octanol–water partition coefficient (Wildman–Crippen LogP) is 1.77. The Labute approximate surface area is 113 Å². The van der Waals surface area contributed by atoms with E-state index in [9.17, 15) is 9.59 Å². The maximum atomic E-state index is 11.7. The molecule has 0 unspecified atom stereocenters. The minimum Gasteiger partial charge on any atom is -0.347 e. The molecule has 0 saturated heterocycles. The van der Waals surface area contributed by atoms with Crippen LogP contribution in [0.5, 0.6) is 0 Å². The number of carbonyl (C=O) groups is 2. The second-order valence-corrected chi connectivity index (χ2v) is 5.21. The Bertz CT molecular complexity index is 522. The van der Waals surface area contributed by atoms with Crippen LogP contribution in [0.1, 0.15) is 26.3 Å². The Balaban J connectivity index is 2.52. The standard InChI is InChI=1S/C15H18N2O2/c1-5-11-7-6-8-12(9-11)17-13(18)10-16-14(19)15(2,3)4/h1,6-9H,10H2,2-4H3,(H,16,19)(H,17,18). The van der Waals surface area contributed by atoms with Crippen molar-refractivity contribution >= 4 is 17.5 Å². The number of terminal acetylenes is 1. The summed E-state index contributed by atoms with van der Waals surface area (Å²) in [5.41, 5.74) is 0.797. The normalized spacial score (nSPS) is 10.4. The summed E-state index contributed by atoms with van der Waals surface area (Å²) >= 11 is 0. The Kier molecular flexibility index (Phi) is 4.71. The van der Waals surface area contributed by atoms with Crippen LogP contribution in [0.25, 0.3) is 0 Å². The molecule has 0 aliphatic heterocycles. The van der Waals surface area contributed by atoms with Crippen molar-refractivity contribution in [2.24, 2.45) is 5.41 Å². The van der Waals surface area contributed by atoms with E-state index in [0.717, 1.165) is 0 Å². The third kappa shape index (κ3) is 4.84. The van der Waals surface area contributed by atoms with Crippen LogP contribution < -0.4 is 10.6 Å². The van der Waals surface area contributed by atoms with Crippen LogP contribution in [-0.2, 0) is 9.59 Å². The number of nitrogens with one attached hydrogen (secondary N) is 2. The number of hydrogen-bond donors (Lipinski definition) is 2. The summed E-state index contributed by atoms with van der Waals surface area (Å²) in [6.07, 6.45) is 5.28. The highest BCUT2D eigenvalue weighted by atomic mass is 16.2. The van der Waals surface area contributed by atoms with Gasteiger partial charge in [-0.2, -0.15) is 0 Å². The second-order valence-electron chi connectivity index (χ2n) is 5.21. The molecular weight excluding hydrogens is 240 g/mol. The molecule has 100 valence electrons. The van der Waals surface area contributed by atoms with Crippen molar-refractivity contribution in [3.63, 3.8) is 0 Å². The van der Waals surface area contributed by atoms with Crippen LogP contribution in [0.3, 0.4) is 0 Å². The van der Waals surface area contributed by atoms with Gasteiger partial charge in [-0.3, -0.25) is 9.59 Å². The first-order valence-corrected chi connectivity index (χ1v) is 5.98. The molecule has 0 aliphatic carbocycles. The fourth-order valence-electron chi connectivity index (χ4n) is 1.32. The van der Waals surface area contributed by atoms with Gasteiger partial charge in [-0.15, -0.1) is 6.42 Å². The molecule has 2 amide bonds. The number of carbonyl (C=O) groups excluding carboxylic acids is 2. The monoisotopic (exact) mass is 258 g/mol. The zero-order chi connectivity index (χ0) is 14.5. The van der Waals surface area contributed by atoms with Crippen molar-refractivity contribution in [3.8, 4) is 12.3 Å². The van der Waals surface area contributed by atoms with Crippen LogP contribution in [0.4, 0.5) is 5.69 Å². The molecule has 0 bridgehead atoms. The molecule has 1 aromatic carbocycles. The molecule has 1 aromatic rings. The molecular formula is C15H18N2O2. The Morgan fingerprint density at radius 2 is 2.00 bits per heavy atom. The Morgan fingerprint density at radius 3 is 2.58 bits per heavy atom. The van der Waals surface area contributed by atoms with Gasteiger partial charge in [-0.1, -0.05) is 32.8 Å². The van der Waals surface area contributed by atoms with E-state index in [1.165, 1.54) is 0 Å². The van der Waals surface area contributed by atoms with Crippen molar-refractivity contribution < 1.29 is 9.59 Å². The number of anilines is 1. The lowest BCUT2D eigenvalue weighted by Crippen LogP contribution is -2.39. The van der Waals surface area contributed by atoms with Crippen LogP contribution in [0.15, 0.2) is 24.3 Å². The fraction of sp³-hybridized carbons (Fsp3) is 0.333. The average Bonchev–Trinajstić information content (AvgIpc) is 2.35. The van der Waals surface area contributed by atoms with Crippen molar-refractivity contribution in [2.75, 3.05) is 11.9 Å². The minimum atomic E-state index is -0.510. The molecule has 4 nitrogen and oxygen atoms in total. The largest absolute Gasteiger partial charge is 0.347 e. The molecule has 0 saturated carbocycles. The Morgan fingerprint density at radius 1 is 1.32 bits per heavy atom. The zero-order valence-corrected chi connectivity index (χ0v) is 11.4. The van der Waals surface area contributed by atoms with Gasteiger partial charge in [0.1, 0.15) is 0 Å². The van der Waals surface area contributed by atoms with Gasteiger partial charge in [-0.25, -0.2) is 0 Å². The van der Waals surface area contributed by atoms with Gasteiger partial charge in [0.05, 0.1) is 6.54 Å². The van der Waals surface area contributed by atoms with Gasteiger partial charge in [0.15, 0.2) is 0 Å². The van der Waals surface area contributed by atoms with Gasteiger partial charge >= 0.3 is 0 Å². The molecule has 4 heteroatoms. The number of benzene rings is 1. The van der Waals surface area contributed by atoms with Gasteiger partial charge in [0, 0.05) is 16.7 Å². The average molecular weight is 258 g/mol. The summed E-state index contributed by atoms with van der Waals surface area (Å²) in [5.74, 6) is 2.04. The van der Waals surface area contributed by atoms with E-state index in [4.69, 9.17) is 6.42 Å². The number of hydrogen-bond acceptors (Lipinski definition) is 2. The molecule has 0 aliphatic rings. The van der Waals surface area contributed by atoms with E-state index in [1.807, 2.05) is 0 Å². The van der Waals surface area contributed by atoms with E-state index in [1.54, 1.807) is 45.0 Å². The SMILES string of the molecule is C#Cc1cccc(NC(=O)CNC(=O)C(C)(C)C)c1. The van der Waals surface area contributed by atoms with Crippen LogP contribution in [0, 0.1) is 17.8 Å². The molecule has 1 rings (SSSR count). The first-order valence-electron chi connectivity index (χ1n) is 5.98. The van der Waals surface area contributed by atoms with E-state index < -0.39 is 5.41 Å². The highest BCUT2D eigenvalue weighted by molar-refractivity contribution is 5.95. The molecule has 0 fully saturated rings. The van der Waals surface area contributed by atoms with Gasteiger partial charge in [-0.05, 0) is 18.2 Å². The predicted molar refractivity (Wildman–Crippen MR) is 75.5 cm³/mol. The quantitative estimate of drug-likeness (QED) is 0.812. The minimum absolute atomic E-state index is 0.0591. The van der Waals surface area contributed by atoms with Crippen molar-refractivity contribution in [3.05, 3.63) is 29.8 Å². The highest BCUT2D eigenvalue weighted by Crippen LogP contribution is 2.12. The molecule has 19 heavy (non-hydrogen) atoms. The first kappa shape index (κ1) is 14.8. The summed E-state index contributed by atoms with van der Waals surface area (Å²) in [5, 5.41) is 5.25. The van der Waals surface area contributed by atoms with Crippen molar-refractivity contribution in [2.45, 2.75) is 20.8 Å². The van der Waals surface area contributed by atoms with Gasteiger partial charge < -0.3 is 10.6 Å². The third-order valence-electron chi connectivity index (χ3n) is 2.40. The third-order valence-corrected chi connectivity index (χ3v) is 2.40. The summed E-state index contributed by atoms with van der Waals surface area (Å²) < 4.78 is 0. The maximum absolute atomic E-state index is 11.7. The van der Waals surface area contributed by atoms with E-state index in [0.29, 0.717) is 11.3 Å². The molecule has 0 heterocycles. The smallest absolute Gasteiger partial charge is 0.243 e. The second kappa shape index (κ2) is 6.05. The number of rotatable bonds is 3. The molecule has 2 N–H and O–H groups in total. The molecule has 0 aromatic heterocycles. The van der Waals surface area contributed by atoms with Crippen LogP contribution in [-0.4, -0.2) is 18.4 Å². The van der Waals surface area contributed by atoms with Gasteiger partial charge in [0.2, 0.25) is 11.8 Å². The lowest BCUT2D eigenvalue weighted by atomic mass is 9.96. The Hall–Kier alpha value is -2.28. The van der Waals surface area contributed by atoms with E-state index in [-0.39, 0.29) is 18.4 Å². The topological polar surface area (TPSA) is 58.2 Å². The van der Waals surface area contributed by atoms with Gasteiger partial charge in [0.25, 0.3) is 0 Å². The van der Waals surface area contributed by atoms with Crippen LogP contribution >= 0.6 is 0 Å². The summed E-state index contributed by atoms with van der Waals surface area (Å²) in [6.45, 7) is 5.31. The molecule has 0 atom stereocenters. The maximum Gasteiger partial charge on any atom is 0.243 e. The summed E-state index contributed by atoms with van der Waals surface area (Å²) in [4.78, 5) is 23.3. The van der Waals surface area contributed by atoms with Crippen LogP contribution in [0.2, 0.25) is 0 Å². The zero-order valence-electron chi connectivity index (χ0n) is 11.4. The summed E-state index contributed by atoms with van der Waals surface area (Å²) in [6, 6.07) is 6.98. The highest BCUT2D eigenvalue weighted by Gasteiger charge is 2.21. The lowest BCUT2D eigenvalue weighted by molar-refractivity contribution is -0.130. The van der Waals surface area contributed by atoms with E-state index in [2.05, 4.69) is 16.6 Å². The molecule has 0 radical (unpaired) electrons. The first-order chi connectivity index (χ1) is 8.82. The lowest BCUT2D eigenvalue weighted by Gasteiger charge is -2.17. The molecule has 0 spiro atoms. The van der Waals surface area contributed by atoms with Crippen molar-refractivity contribution in [1.29, 1.82) is 0 Å². The fourth-order valence-corrected chi connectivity index (χ4v) is 1.32. The summed E-state index contributed by atoms with van der Waals surface area (Å²) in [7, 11) is 0. The number of amides is 2. The van der Waals surface area contributed by atoms with Crippen molar-refractivity contribution in [1.82, 2.24) is 5.32 Å².